The molecule has 0 amide bonds. The van der Waals surface area contributed by atoms with Gasteiger partial charge in [-0.05, 0) is 40.9 Å². The number of nitrogens with one attached hydrogen (secondary N) is 1. The number of thiophene rings is 1. The van der Waals surface area contributed by atoms with E-state index in [1.54, 1.807) is 11.3 Å². The molecule has 0 bridgehead atoms. The van der Waals surface area contributed by atoms with Crippen molar-refractivity contribution in [3.8, 4) is 0 Å². The monoisotopic (exact) mass is 299 g/mol. The van der Waals surface area contributed by atoms with Crippen molar-refractivity contribution in [1.29, 1.82) is 0 Å². The Bertz CT molecular complexity index is 492. The Hall–Kier alpha value is -0.880. The average Bonchev–Trinajstić information content (AvgIpc) is 2.87. The van der Waals surface area contributed by atoms with Crippen LogP contribution >= 0.6 is 27.3 Å². The van der Waals surface area contributed by atoms with Crippen LogP contribution in [0, 0.1) is 0 Å². The second kappa shape index (κ2) is 4.18. The van der Waals surface area contributed by atoms with Crippen LogP contribution in [0.25, 0.3) is 0 Å². The topological polar surface area (TPSA) is 51.0 Å². The zero-order chi connectivity index (χ0) is 11.0. The van der Waals surface area contributed by atoms with Crippen LogP contribution < -0.4 is 5.32 Å². The summed E-state index contributed by atoms with van der Waals surface area (Å²) in [4.78, 5) is 1.23. The highest BCUT2D eigenvalue weighted by molar-refractivity contribution is 9.11. The number of aromatic nitrogens is 2. The van der Waals surface area contributed by atoms with Gasteiger partial charge in [0.05, 0.1) is 10.3 Å². The Morgan fingerprint density at radius 2 is 2.31 bits per heavy atom. The van der Waals surface area contributed by atoms with E-state index in [0.717, 1.165) is 16.2 Å². The van der Waals surface area contributed by atoms with Crippen LogP contribution in [0.1, 0.15) is 29.5 Å². The number of anilines is 1. The molecular weight excluding hydrogens is 290 g/mol. The molecule has 0 spiro atoms. The van der Waals surface area contributed by atoms with E-state index in [4.69, 9.17) is 4.42 Å². The standard InChI is InChI=1S/C10H10BrN3OS/c11-8-4-3-7(16-8)5-12-10-14-13-9(15-10)6-1-2-6/h3-4,6H,1-2,5H2,(H,12,14). The van der Waals surface area contributed by atoms with Crippen LogP contribution in [0.4, 0.5) is 6.01 Å². The fraction of sp³-hybridized carbons (Fsp3) is 0.400. The number of hydrogen-bond acceptors (Lipinski definition) is 5. The average molecular weight is 300 g/mol. The fourth-order valence-corrected chi connectivity index (χ4v) is 2.83. The third kappa shape index (κ3) is 2.27. The molecule has 0 saturated heterocycles. The first kappa shape index (κ1) is 10.3. The van der Waals surface area contributed by atoms with Gasteiger partial charge in [0.1, 0.15) is 0 Å². The van der Waals surface area contributed by atoms with E-state index in [1.807, 2.05) is 6.07 Å². The number of nitrogens with zero attached hydrogens (tertiary/aromatic N) is 2. The van der Waals surface area contributed by atoms with Crippen molar-refractivity contribution in [2.75, 3.05) is 5.32 Å². The lowest BCUT2D eigenvalue weighted by Crippen LogP contribution is -1.97. The van der Waals surface area contributed by atoms with Crippen molar-refractivity contribution in [2.24, 2.45) is 0 Å². The van der Waals surface area contributed by atoms with Crippen LogP contribution in [-0.4, -0.2) is 10.2 Å². The molecule has 1 saturated carbocycles. The summed E-state index contributed by atoms with van der Waals surface area (Å²) in [6, 6.07) is 4.62. The minimum absolute atomic E-state index is 0.513. The Kier molecular flexibility index (Phi) is 2.69. The van der Waals surface area contributed by atoms with Gasteiger partial charge in [-0.3, -0.25) is 0 Å². The fourth-order valence-electron chi connectivity index (χ4n) is 1.41. The molecule has 1 aliphatic rings. The molecular formula is C10H10BrN3OS. The van der Waals surface area contributed by atoms with Gasteiger partial charge in [-0.1, -0.05) is 5.10 Å². The predicted molar refractivity (Wildman–Crippen MR) is 65.6 cm³/mol. The first-order chi connectivity index (χ1) is 7.81. The van der Waals surface area contributed by atoms with Crippen LogP contribution in [0.15, 0.2) is 20.3 Å². The van der Waals surface area contributed by atoms with E-state index in [1.165, 1.54) is 17.7 Å². The third-order valence-corrected chi connectivity index (χ3v) is 4.03. The molecule has 0 unspecified atom stereocenters. The molecule has 1 N–H and O–H groups in total. The van der Waals surface area contributed by atoms with Gasteiger partial charge < -0.3 is 9.73 Å². The maximum absolute atomic E-state index is 5.50. The quantitative estimate of drug-likeness (QED) is 0.940. The van der Waals surface area contributed by atoms with Crippen LogP contribution in [-0.2, 0) is 6.54 Å². The Morgan fingerprint density at radius 3 is 3.00 bits per heavy atom. The highest BCUT2D eigenvalue weighted by Gasteiger charge is 2.29. The molecule has 1 aliphatic carbocycles. The summed E-state index contributed by atoms with van der Waals surface area (Å²) in [6.07, 6.45) is 2.36. The van der Waals surface area contributed by atoms with Crippen molar-refractivity contribution in [3.05, 3.63) is 26.7 Å². The molecule has 4 nitrogen and oxygen atoms in total. The summed E-state index contributed by atoms with van der Waals surface area (Å²) < 4.78 is 6.63. The summed E-state index contributed by atoms with van der Waals surface area (Å²) in [7, 11) is 0. The van der Waals surface area contributed by atoms with Gasteiger partial charge in [-0.25, -0.2) is 0 Å². The molecule has 84 valence electrons. The molecule has 2 heterocycles. The van der Waals surface area contributed by atoms with Gasteiger partial charge in [-0.2, -0.15) is 0 Å². The lowest BCUT2D eigenvalue weighted by Gasteiger charge is -1.96. The summed E-state index contributed by atoms with van der Waals surface area (Å²) in [5, 5.41) is 11.1. The molecule has 3 rings (SSSR count). The zero-order valence-corrected chi connectivity index (χ0v) is 10.8. The van der Waals surface area contributed by atoms with E-state index >= 15 is 0 Å². The van der Waals surface area contributed by atoms with E-state index < -0.39 is 0 Å². The van der Waals surface area contributed by atoms with Gasteiger partial charge >= 0.3 is 6.01 Å². The number of hydrogen-bond donors (Lipinski definition) is 1. The Labute approximate surface area is 105 Å². The van der Waals surface area contributed by atoms with E-state index in [-0.39, 0.29) is 0 Å². The minimum atomic E-state index is 0.513. The number of rotatable bonds is 4. The van der Waals surface area contributed by atoms with Crippen LogP contribution in [0.3, 0.4) is 0 Å². The van der Waals surface area contributed by atoms with E-state index in [0.29, 0.717) is 11.9 Å². The van der Waals surface area contributed by atoms with Crippen molar-refractivity contribution >= 4 is 33.3 Å². The largest absolute Gasteiger partial charge is 0.408 e. The van der Waals surface area contributed by atoms with Gasteiger partial charge in [0.2, 0.25) is 5.89 Å². The Morgan fingerprint density at radius 1 is 1.44 bits per heavy atom. The van der Waals surface area contributed by atoms with Crippen LogP contribution in [0.5, 0.6) is 0 Å². The van der Waals surface area contributed by atoms with E-state index in [9.17, 15) is 0 Å². The summed E-state index contributed by atoms with van der Waals surface area (Å²) in [5.41, 5.74) is 0. The summed E-state index contributed by atoms with van der Waals surface area (Å²) >= 11 is 5.13. The molecule has 0 atom stereocenters. The van der Waals surface area contributed by atoms with E-state index in [2.05, 4.69) is 37.5 Å². The van der Waals surface area contributed by atoms with Crippen molar-refractivity contribution in [2.45, 2.75) is 25.3 Å². The third-order valence-electron chi connectivity index (χ3n) is 2.41. The number of halogens is 1. The second-order valence-corrected chi connectivity index (χ2v) is 6.33. The maximum atomic E-state index is 5.50. The SMILES string of the molecule is Brc1ccc(CNc2nnc(C3CC3)o2)s1. The lowest BCUT2D eigenvalue weighted by molar-refractivity contribution is 0.507. The van der Waals surface area contributed by atoms with Gasteiger partial charge in [-0.15, -0.1) is 16.4 Å². The minimum Gasteiger partial charge on any atom is -0.408 e. The molecule has 2 aromatic rings. The van der Waals surface area contributed by atoms with Crippen LogP contribution in [0.2, 0.25) is 0 Å². The van der Waals surface area contributed by atoms with Gasteiger partial charge in [0.25, 0.3) is 0 Å². The summed E-state index contributed by atoms with van der Waals surface area (Å²) in [6.45, 7) is 0.725. The highest BCUT2D eigenvalue weighted by atomic mass is 79.9. The molecule has 16 heavy (non-hydrogen) atoms. The molecule has 2 aromatic heterocycles. The first-order valence-electron chi connectivity index (χ1n) is 5.13. The normalized spacial score (nSPS) is 15.3. The zero-order valence-electron chi connectivity index (χ0n) is 8.44. The van der Waals surface area contributed by atoms with Gasteiger partial charge in [0, 0.05) is 10.8 Å². The maximum Gasteiger partial charge on any atom is 0.315 e. The van der Waals surface area contributed by atoms with Crippen molar-refractivity contribution in [1.82, 2.24) is 10.2 Å². The summed E-state index contributed by atoms with van der Waals surface area (Å²) in [5.74, 6) is 1.29. The molecule has 0 radical (unpaired) electrons. The lowest BCUT2D eigenvalue weighted by atomic mass is 10.4. The first-order valence-corrected chi connectivity index (χ1v) is 6.74. The van der Waals surface area contributed by atoms with Gasteiger partial charge in [0.15, 0.2) is 0 Å². The molecule has 1 fully saturated rings. The Balaban J connectivity index is 1.61. The molecule has 0 aliphatic heterocycles. The highest BCUT2D eigenvalue weighted by Crippen LogP contribution is 2.39. The molecule has 6 heteroatoms. The molecule has 0 aromatic carbocycles. The smallest absolute Gasteiger partial charge is 0.315 e. The van der Waals surface area contributed by atoms with Crippen molar-refractivity contribution in [3.63, 3.8) is 0 Å². The second-order valence-electron chi connectivity index (χ2n) is 3.78. The van der Waals surface area contributed by atoms with Crippen molar-refractivity contribution < 1.29 is 4.42 Å². The predicted octanol–water partition coefficient (Wildman–Crippen LogP) is 3.38.